The number of carboxylic acid groups (broad SMARTS) is 1. The summed E-state index contributed by atoms with van der Waals surface area (Å²) in [5.74, 6) is -0.754. The van der Waals surface area contributed by atoms with Gasteiger partial charge in [-0.05, 0) is 12.8 Å². The van der Waals surface area contributed by atoms with E-state index in [1.807, 2.05) is 6.92 Å². The molecule has 0 bridgehead atoms. The van der Waals surface area contributed by atoms with Crippen LogP contribution in [0.2, 0.25) is 0 Å². The molecule has 0 heterocycles. The Morgan fingerprint density at radius 2 is 1.58 bits per heavy atom. The molecule has 0 aromatic heterocycles. The van der Waals surface area contributed by atoms with E-state index in [9.17, 15) is 4.79 Å². The standard InChI is InChI=1S/C8H16O2.C4H11NO3.Bi.3H/c1-3-5-6-7(4-2)8(9)10;5-4(1-6,2-7)3-8;;;;/h7H,3-6H2,1-2H3,(H,9,10);6-8H,1-3,5H2;;;;. The number of aliphatic hydroxyl groups is 3. The van der Waals surface area contributed by atoms with Gasteiger partial charge in [-0.25, -0.2) is 0 Å². The Morgan fingerprint density at radius 1 is 1.16 bits per heavy atom. The van der Waals surface area contributed by atoms with Crippen LogP contribution in [0, 0.1) is 5.92 Å². The summed E-state index contributed by atoms with van der Waals surface area (Å²) in [5, 5.41) is 33.6. The number of hydrogen-bond donors (Lipinski definition) is 5. The number of aliphatic hydroxyl groups excluding tert-OH is 3. The van der Waals surface area contributed by atoms with Gasteiger partial charge in [0.05, 0.1) is 31.3 Å². The van der Waals surface area contributed by atoms with Gasteiger partial charge in [-0.1, -0.05) is 26.7 Å². The van der Waals surface area contributed by atoms with Crippen LogP contribution >= 0.6 is 0 Å². The molecule has 0 radical (unpaired) electrons. The van der Waals surface area contributed by atoms with Crippen molar-refractivity contribution in [3.63, 3.8) is 0 Å². The van der Waals surface area contributed by atoms with Crippen LogP contribution in [0.25, 0.3) is 0 Å². The van der Waals surface area contributed by atoms with E-state index in [4.69, 9.17) is 26.2 Å². The molecule has 0 rings (SSSR count). The number of rotatable bonds is 8. The molecule has 1 unspecified atom stereocenters. The second-order valence-corrected chi connectivity index (χ2v) is 4.42. The maximum absolute atomic E-state index is 10.4. The zero-order valence-electron chi connectivity index (χ0n) is 12.0. The third kappa shape index (κ3) is 13.0. The summed E-state index contributed by atoms with van der Waals surface area (Å²) in [6.07, 6.45) is 3.71. The summed E-state index contributed by atoms with van der Waals surface area (Å²) >= 11 is 0. The van der Waals surface area contributed by atoms with E-state index < -0.39 is 31.3 Å². The van der Waals surface area contributed by atoms with Gasteiger partial charge in [0.1, 0.15) is 0 Å². The minimum absolute atomic E-state index is 0. The van der Waals surface area contributed by atoms with Crippen LogP contribution in [-0.4, -0.2) is 78.0 Å². The van der Waals surface area contributed by atoms with E-state index in [0.717, 1.165) is 25.7 Å². The van der Waals surface area contributed by atoms with Gasteiger partial charge in [-0.3, -0.25) is 4.79 Å². The summed E-state index contributed by atoms with van der Waals surface area (Å²) in [5.41, 5.74) is 3.94. The molecule has 7 heteroatoms. The zero-order chi connectivity index (χ0) is 14.6. The molecule has 0 saturated heterocycles. The van der Waals surface area contributed by atoms with Crippen molar-refractivity contribution in [3.8, 4) is 0 Å². The molecule has 0 spiro atoms. The van der Waals surface area contributed by atoms with E-state index in [1.54, 1.807) is 0 Å². The van der Waals surface area contributed by atoms with Crippen molar-refractivity contribution in [2.75, 3.05) is 19.8 Å². The Labute approximate surface area is 134 Å². The monoisotopic (exact) mass is 477 g/mol. The number of carbonyl (C=O) groups is 1. The summed E-state index contributed by atoms with van der Waals surface area (Å²) < 4.78 is 0. The molecule has 0 aliphatic heterocycles. The summed E-state index contributed by atoms with van der Waals surface area (Å²) in [6.45, 7) is 2.79. The van der Waals surface area contributed by atoms with Crippen LogP contribution in [0.15, 0.2) is 0 Å². The second-order valence-electron chi connectivity index (χ2n) is 4.42. The molecule has 0 aliphatic rings. The molecule has 0 aromatic rings. The molecule has 0 aromatic carbocycles. The van der Waals surface area contributed by atoms with Crippen LogP contribution < -0.4 is 5.73 Å². The predicted octanol–water partition coefficient (Wildman–Crippen LogP) is -1.24. The molecule has 0 aliphatic carbocycles. The first kappa shape index (κ1) is 24.2. The fraction of sp³-hybridized carbons (Fsp3) is 0.917. The van der Waals surface area contributed by atoms with Crippen molar-refractivity contribution >= 4 is 32.2 Å². The number of nitrogens with two attached hydrogens (primary N) is 1. The number of aliphatic carboxylic acids is 1. The molecular weight excluding hydrogens is 447 g/mol. The SMILES string of the molecule is CCCCC(CC)C(=O)O.NC(CO)(CO)CO.[BiH3]. The average Bonchev–Trinajstić information content (AvgIpc) is 2.39. The van der Waals surface area contributed by atoms with E-state index in [-0.39, 0.29) is 32.1 Å². The molecule has 6 nitrogen and oxygen atoms in total. The van der Waals surface area contributed by atoms with Crippen LogP contribution in [0.3, 0.4) is 0 Å². The zero-order valence-corrected chi connectivity index (χ0v) is 17.5. The van der Waals surface area contributed by atoms with Crippen LogP contribution in [0.1, 0.15) is 39.5 Å². The third-order valence-electron chi connectivity index (χ3n) is 2.69. The van der Waals surface area contributed by atoms with Gasteiger partial charge in [0.25, 0.3) is 0 Å². The van der Waals surface area contributed by atoms with Crippen LogP contribution in [0.5, 0.6) is 0 Å². The number of hydrogen-bond acceptors (Lipinski definition) is 5. The Morgan fingerprint density at radius 3 is 1.74 bits per heavy atom. The maximum atomic E-state index is 10.4. The number of unbranched alkanes of at least 4 members (excludes halogenated alkanes) is 1. The molecule has 118 valence electrons. The van der Waals surface area contributed by atoms with E-state index in [0.29, 0.717) is 0 Å². The first-order chi connectivity index (χ1) is 8.40. The molecular formula is C12H30BiNO5. The van der Waals surface area contributed by atoms with Gasteiger partial charge in [-0.15, -0.1) is 0 Å². The fourth-order valence-electron chi connectivity index (χ4n) is 1.10. The molecule has 0 fully saturated rings. The van der Waals surface area contributed by atoms with Crippen molar-refractivity contribution in [3.05, 3.63) is 0 Å². The topological polar surface area (TPSA) is 124 Å². The van der Waals surface area contributed by atoms with Crippen molar-refractivity contribution in [2.45, 2.75) is 45.1 Å². The summed E-state index contributed by atoms with van der Waals surface area (Å²) in [4.78, 5) is 10.4. The summed E-state index contributed by atoms with van der Waals surface area (Å²) in [6, 6.07) is 0. The normalized spacial score (nSPS) is 11.9. The second kappa shape index (κ2) is 14.6. The third-order valence-corrected chi connectivity index (χ3v) is 2.69. The first-order valence-electron chi connectivity index (χ1n) is 6.25. The Balaban J connectivity index is -0.000000262. The molecule has 0 amide bonds. The van der Waals surface area contributed by atoms with E-state index >= 15 is 0 Å². The summed E-state index contributed by atoms with van der Waals surface area (Å²) in [7, 11) is 0. The van der Waals surface area contributed by atoms with Crippen LogP contribution in [-0.2, 0) is 4.79 Å². The molecule has 6 N–H and O–H groups in total. The Kier molecular flexibility index (Phi) is 18.6. The van der Waals surface area contributed by atoms with Gasteiger partial charge in [0.2, 0.25) is 0 Å². The van der Waals surface area contributed by atoms with Gasteiger partial charge >= 0.3 is 32.2 Å². The molecule has 0 saturated carbocycles. The van der Waals surface area contributed by atoms with Crippen molar-refractivity contribution in [1.29, 1.82) is 0 Å². The Bertz CT molecular complexity index is 204. The molecule has 19 heavy (non-hydrogen) atoms. The van der Waals surface area contributed by atoms with Gasteiger partial charge in [-0.2, -0.15) is 0 Å². The predicted molar refractivity (Wildman–Crippen MR) is 79.1 cm³/mol. The molecule has 1 atom stereocenters. The van der Waals surface area contributed by atoms with Crippen molar-refractivity contribution < 1.29 is 25.2 Å². The van der Waals surface area contributed by atoms with E-state index in [2.05, 4.69) is 6.92 Å². The van der Waals surface area contributed by atoms with Gasteiger partial charge < -0.3 is 26.2 Å². The van der Waals surface area contributed by atoms with E-state index in [1.165, 1.54) is 0 Å². The van der Waals surface area contributed by atoms with Gasteiger partial charge in [0, 0.05) is 0 Å². The van der Waals surface area contributed by atoms with Crippen molar-refractivity contribution in [1.82, 2.24) is 0 Å². The van der Waals surface area contributed by atoms with Crippen molar-refractivity contribution in [2.24, 2.45) is 11.7 Å². The number of carboxylic acids is 1. The fourth-order valence-corrected chi connectivity index (χ4v) is 1.10. The Hall–Kier alpha value is 0.193. The quantitative estimate of drug-likeness (QED) is 0.279. The van der Waals surface area contributed by atoms with Crippen LogP contribution in [0.4, 0.5) is 0 Å². The average molecular weight is 477 g/mol. The first-order valence-corrected chi connectivity index (χ1v) is 6.25. The van der Waals surface area contributed by atoms with Gasteiger partial charge in [0.15, 0.2) is 0 Å². The minimum atomic E-state index is -1.21.